The van der Waals surface area contributed by atoms with Crippen molar-refractivity contribution in [1.29, 1.82) is 0 Å². The molecule has 1 aromatic heterocycles. The number of nitrogens with one attached hydrogen (secondary N) is 1. The number of nitrogen functional groups attached to an aromatic ring is 1. The van der Waals surface area contributed by atoms with E-state index in [2.05, 4.69) is 10.3 Å². The van der Waals surface area contributed by atoms with Crippen molar-refractivity contribution in [3.8, 4) is 11.5 Å². The summed E-state index contributed by atoms with van der Waals surface area (Å²) in [6.07, 6.45) is 1.55. The van der Waals surface area contributed by atoms with Gasteiger partial charge in [0.15, 0.2) is 11.6 Å². The van der Waals surface area contributed by atoms with Crippen molar-refractivity contribution in [2.45, 2.75) is 6.92 Å². The van der Waals surface area contributed by atoms with E-state index in [0.717, 1.165) is 5.56 Å². The topological polar surface area (TPSA) is 77.2 Å². The van der Waals surface area contributed by atoms with E-state index in [1.165, 1.54) is 6.07 Å². The number of aromatic nitrogens is 1. The normalized spacial score (nSPS) is 10.3. The van der Waals surface area contributed by atoms with Crippen LogP contribution in [0.25, 0.3) is 0 Å². The molecule has 3 N–H and O–H groups in total. The summed E-state index contributed by atoms with van der Waals surface area (Å²) in [7, 11) is 0. The van der Waals surface area contributed by atoms with Gasteiger partial charge in [-0.25, -0.2) is 9.37 Å². The molecule has 0 bridgehead atoms. The number of pyridine rings is 1. The van der Waals surface area contributed by atoms with Gasteiger partial charge in [-0.1, -0.05) is 12.1 Å². The summed E-state index contributed by atoms with van der Waals surface area (Å²) in [5, 5.41) is 2.75. The summed E-state index contributed by atoms with van der Waals surface area (Å²) in [5.74, 6) is -0.0106. The maximum absolute atomic E-state index is 13.6. The third-order valence-corrected chi connectivity index (χ3v) is 3.59. The zero-order valence-corrected chi connectivity index (χ0v) is 13.5. The van der Waals surface area contributed by atoms with Gasteiger partial charge in [0.25, 0.3) is 5.91 Å². The lowest BCUT2D eigenvalue weighted by Crippen LogP contribution is -2.16. The predicted molar refractivity (Wildman–Crippen MR) is 94.3 cm³/mol. The van der Waals surface area contributed by atoms with Crippen LogP contribution in [-0.2, 0) is 0 Å². The Morgan fingerprint density at radius 3 is 2.52 bits per heavy atom. The van der Waals surface area contributed by atoms with Crippen molar-refractivity contribution in [3.05, 3.63) is 77.7 Å². The number of carbonyl (C=O) groups excluding carboxylic acids is 1. The number of para-hydroxylation sites is 1. The lowest BCUT2D eigenvalue weighted by atomic mass is 10.1. The monoisotopic (exact) mass is 337 g/mol. The van der Waals surface area contributed by atoms with Crippen LogP contribution in [0.2, 0.25) is 0 Å². The van der Waals surface area contributed by atoms with Gasteiger partial charge >= 0.3 is 0 Å². The maximum Gasteiger partial charge on any atom is 0.259 e. The lowest BCUT2D eigenvalue weighted by molar-refractivity contribution is 0.102. The van der Waals surface area contributed by atoms with Crippen molar-refractivity contribution < 1.29 is 13.9 Å². The number of nitrogens with two attached hydrogens (primary N) is 1. The highest BCUT2D eigenvalue weighted by Gasteiger charge is 2.14. The molecule has 2 aromatic carbocycles. The van der Waals surface area contributed by atoms with Gasteiger partial charge in [-0.3, -0.25) is 4.79 Å². The van der Waals surface area contributed by atoms with Crippen molar-refractivity contribution >= 4 is 17.4 Å². The second kappa shape index (κ2) is 7.00. The first kappa shape index (κ1) is 16.4. The van der Waals surface area contributed by atoms with Crippen LogP contribution >= 0.6 is 0 Å². The Bertz CT molecular complexity index is 891. The van der Waals surface area contributed by atoms with Crippen LogP contribution in [0.3, 0.4) is 0 Å². The quantitative estimate of drug-likeness (QED) is 0.749. The van der Waals surface area contributed by atoms with Gasteiger partial charge in [0, 0.05) is 11.9 Å². The third-order valence-electron chi connectivity index (χ3n) is 3.59. The van der Waals surface area contributed by atoms with Crippen LogP contribution in [0.15, 0.2) is 60.8 Å². The Balaban J connectivity index is 1.73. The molecule has 0 fully saturated rings. The summed E-state index contributed by atoms with van der Waals surface area (Å²) in [6, 6.07) is 14.5. The molecular weight excluding hydrogens is 321 g/mol. The molecule has 0 saturated heterocycles. The van der Waals surface area contributed by atoms with E-state index >= 15 is 0 Å². The number of aryl methyl sites for hydroxylation is 1. The summed E-state index contributed by atoms with van der Waals surface area (Å²) < 4.78 is 19.1. The van der Waals surface area contributed by atoms with E-state index in [4.69, 9.17) is 10.5 Å². The van der Waals surface area contributed by atoms with E-state index in [-0.39, 0.29) is 17.5 Å². The second-order valence-electron chi connectivity index (χ2n) is 5.40. The van der Waals surface area contributed by atoms with E-state index in [9.17, 15) is 9.18 Å². The van der Waals surface area contributed by atoms with E-state index in [1.54, 1.807) is 61.7 Å². The Hall–Kier alpha value is -3.41. The van der Waals surface area contributed by atoms with Crippen LogP contribution in [0, 0.1) is 12.7 Å². The average Bonchev–Trinajstić information content (AvgIpc) is 2.58. The standard InChI is InChI=1S/C19H16FN3O2/c1-12-10-11-22-18(21)17(12)19(24)23-13-6-8-14(9-7-13)25-16-5-3-2-4-15(16)20/h2-11H,1H3,(H2,21,22)(H,23,24). The Kier molecular flexibility index (Phi) is 4.61. The molecule has 0 atom stereocenters. The van der Waals surface area contributed by atoms with Crippen molar-refractivity contribution in [3.63, 3.8) is 0 Å². The fourth-order valence-electron chi connectivity index (χ4n) is 2.33. The molecule has 1 amide bonds. The highest BCUT2D eigenvalue weighted by Crippen LogP contribution is 2.25. The van der Waals surface area contributed by atoms with Crippen LogP contribution in [0.4, 0.5) is 15.9 Å². The molecule has 5 nitrogen and oxygen atoms in total. The SMILES string of the molecule is Cc1ccnc(N)c1C(=O)Nc1ccc(Oc2ccccc2F)cc1. The zero-order valence-electron chi connectivity index (χ0n) is 13.5. The average molecular weight is 337 g/mol. The number of carbonyl (C=O) groups is 1. The number of amides is 1. The fourth-order valence-corrected chi connectivity index (χ4v) is 2.33. The van der Waals surface area contributed by atoms with Gasteiger partial charge in [-0.05, 0) is 55.0 Å². The maximum atomic E-state index is 13.6. The van der Waals surface area contributed by atoms with Crippen molar-refractivity contribution in [1.82, 2.24) is 4.98 Å². The Morgan fingerprint density at radius 2 is 1.84 bits per heavy atom. The van der Waals surface area contributed by atoms with Gasteiger partial charge < -0.3 is 15.8 Å². The molecule has 0 aliphatic rings. The molecule has 3 rings (SSSR count). The summed E-state index contributed by atoms with van der Waals surface area (Å²) in [6.45, 7) is 1.79. The van der Waals surface area contributed by atoms with Crippen LogP contribution in [0.5, 0.6) is 11.5 Å². The van der Waals surface area contributed by atoms with Crippen LogP contribution in [0.1, 0.15) is 15.9 Å². The second-order valence-corrected chi connectivity index (χ2v) is 5.40. The number of hydrogen-bond acceptors (Lipinski definition) is 4. The third kappa shape index (κ3) is 3.74. The predicted octanol–water partition coefficient (Wildman–Crippen LogP) is 4.16. The highest BCUT2D eigenvalue weighted by molar-refractivity contribution is 6.08. The molecule has 1 heterocycles. The highest BCUT2D eigenvalue weighted by atomic mass is 19.1. The molecule has 0 aliphatic heterocycles. The van der Waals surface area contributed by atoms with Gasteiger partial charge in [-0.15, -0.1) is 0 Å². The molecule has 6 heteroatoms. The number of rotatable bonds is 4. The minimum Gasteiger partial charge on any atom is -0.454 e. The number of anilines is 2. The fraction of sp³-hybridized carbons (Fsp3) is 0.0526. The number of halogens is 1. The van der Waals surface area contributed by atoms with Crippen molar-refractivity contribution in [2.24, 2.45) is 0 Å². The first-order valence-electron chi connectivity index (χ1n) is 7.59. The minimum absolute atomic E-state index is 0.137. The van der Waals surface area contributed by atoms with E-state index in [1.807, 2.05) is 0 Å². The van der Waals surface area contributed by atoms with Gasteiger partial charge in [0.05, 0.1) is 5.56 Å². The Morgan fingerprint density at radius 1 is 1.12 bits per heavy atom. The number of hydrogen-bond donors (Lipinski definition) is 2. The molecule has 25 heavy (non-hydrogen) atoms. The van der Waals surface area contributed by atoms with Crippen LogP contribution < -0.4 is 15.8 Å². The number of nitrogens with zero attached hydrogens (tertiary/aromatic N) is 1. The molecule has 0 spiro atoms. The van der Waals surface area contributed by atoms with Gasteiger partial charge in [0.1, 0.15) is 11.6 Å². The first-order valence-corrected chi connectivity index (χ1v) is 7.59. The van der Waals surface area contributed by atoms with Crippen LogP contribution in [-0.4, -0.2) is 10.9 Å². The molecule has 0 radical (unpaired) electrons. The molecule has 3 aromatic rings. The van der Waals surface area contributed by atoms with E-state index in [0.29, 0.717) is 17.0 Å². The van der Waals surface area contributed by atoms with Crippen molar-refractivity contribution in [2.75, 3.05) is 11.1 Å². The molecule has 0 aliphatic carbocycles. The molecule has 0 unspecified atom stereocenters. The molecular formula is C19H16FN3O2. The zero-order chi connectivity index (χ0) is 17.8. The smallest absolute Gasteiger partial charge is 0.259 e. The minimum atomic E-state index is -0.442. The number of benzene rings is 2. The molecule has 126 valence electrons. The van der Waals surface area contributed by atoms with E-state index < -0.39 is 5.82 Å². The largest absolute Gasteiger partial charge is 0.454 e. The number of ether oxygens (including phenoxy) is 1. The summed E-state index contributed by atoms with van der Waals surface area (Å²) in [5.41, 5.74) is 7.42. The summed E-state index contributed by atoms with van der Waals surface area (Å²) >= 11 is 0. The Labute approximate surface area is 144 Å². The molecule has 0 saturated carbocycles. The summed E-state index contributed by atoms with van der Waals surface area (Å²) in [4.78, 5) is 16.3. The van der Waals surface area contributed by atoms with Gasteiger partial charge in [-0.2, -0.15) is 0 Å². The lowest BCUT2D eigenvalue weighted by Gasteiger charge is -2.10. The van der Waals surface area contributed by atoms with Gasteiger partial charge in [0.2, 0.25) is 0 Å². The first-order chi connectivity index (χ1) is 12.0.